The van der Waals surface area contributed by atoms with Crippen LogP contribution in [0.5, 0.6) is 0 Å². The molecule has 1 fully saturated rings. The molecule has 1 heterocycles. The Morgan fingerprint density at radius 1 is 1.29 bits per heavy atom. The number of anilines is 1. The van der Waals surface area contributed by atoms with Crippen molar-refractivity contribution in [3.8, 4) is 0 Å². The van der Waals surface area contributed by atoms with Gasteiger partial charge in [-0.15, -0.1) is 11.3 Å². The van der Waals surface area contributed by atoms with Gasteiger partial charge in [0.15, 0.2) is 0 Å². The minimum absolute atomic E-state index is 0.0573. The van der Waals surface area contributed by atoms with E-state index in [2.05, 4.69) is 24.5 Å². The summed E-state index contributed by atoms with van der Waals surface area (Å²) in [5, 5.41) is 6.91. The van der Waals surface area contributed by atoms with Crippen LogP contribution >= 0.6 is 11.3 Å². The fraction of sp³-hybridized carbons (Fsp3) is 0.615. The molecule has 0 atom stereocenters. The Morgan fingerprint density at radius 2 is 2.00 bits per heavy atom. The highest BCUT2D eigenvalue weighted by Gasteiger charge is 2.15. The van der Waals surface area contributed by atoms with Crippen LogP contribution in [0.4, 0.5) is 9.80 Å². The number of carbonyl (C=O) groups excluding carboxylic acids is 1. The van der Waals surface area contributed by atoms with Crippen LogP contribution in [0.1, 0.15) is 42.5 Å². The molecular formula is C13H20N2OS. The second-order valence-electron chi connectivity index (χ2n) is 4.78. The number of urea groups is 1. The van der Waals surface area contributed by atoms with Gasteiger partial charge in [0.25, 0.3) is 0 Å². The average molecular weight is 252 g/mol. The van der Waals surface area contributed by atoms with E-state index >= 15 is 0 Å². The molecule has 94 valence electrons. The lowest BCUT2D eigenvalue weighted by Gasteiger charge is -2.22. The van der Waals surface area contributed by atoms with Gasteiger partial charge in [0.2, 0.25) is 0 Å². The number of hydrogen-bond donors (Lipinski definition) is 2. The lowest BCUT2D eigenvalue weighted by atomic mass is 9.96. The Hall–Kier alpha value is -1.03. The molecule has 4 heteroatoms. The van der Waals surface area contributed by atoms with E-state index in [1.165, 1.54) is 29.7 Å². The fourth-order valence-electron chi connectivity index (χ4n) is 2.22. The molecule has 1 aliphatic carbocycles. The van der Waals surface area contributed by atoms with E-state index < -0.39 is 0 Å². The average Bonchev–Trinajstić information content (AvgIpc) is 2.59. The van der Waals surface area contributed by atoms with E-state index in [-0.39, 0.29) is 6.03 Å². The topological polar surface area (TPSA) is 41.1 Å². The molecule has 1 aliphatic rings. The maximum atomic E-state index is 11.8. The Morgan fingerprint density at radius 3 is 2.59 bits per heavy atom. The van der Waals surface area contributed by atoms with Gasteiger partial charge in [-0.3, -0.25) is 5.32 Å². The summed E-state index contributed by atoms with van der Waals surface area (Å²) in [5.74, 6) is 0. The second kappa shape index (κ2) is 5.54. The van der Waals surface area contributed by atoms with Gasteiger partial charge in [-0.25, -0.2) is 4.79 Å². The first kappa shape index (κ1) is 12.4. The van der Waals surface area contributed by atoms with Gasteiger partial charge in [-0.2, -0.15) is 0 Å². The number of thiophene rings is 1. The number of carbonyl (C=O) groups is 1. The lowest BCUT2D eigenvalue weighted by molar-refractivity contribution is 0.244. The summed E-state index contributed by atoms with van der Waals surface area (Å²) in [6.45, 7) is 4.14. The predicted octanol–water partition coefficient (Wildman–Crippen LogP) is 3.82. The smallest absolute Gasteiger partial charge is 0.320 e. The molecular weight excluding hydrogens is 232 g/mol. The van der Waals surface area contributed by atoms with Gasteiger partial charge in [0.05, 0.1) is 5.00 Å². The number of aryl methyl sites for hydroxylation is 2. The summed E-state index contributed by atoms with van der Waals surface area (Å²) in [7, 11) is 0. The van der Waals surface area contributed by atoms with E-state index in [1.807, 2.05) is 6.07 Å². The number of nitrogens with one attached hydrogen (secondary N) is 2. The molecule has 0 aliphatic heterocycles. The Balaban J connectivity index is 1.84. The SMILES string of the molecule is Cc1cc(NC(=O)NC2CCCCC2)sc1C. The summed E-state index contributed by atoms with van der Waals surface area (Å²) in [6, 6.07) is 2.34. The van der Waals surface area contributed by atoms with Crippen LogP contribution in [0.3, 0.4) is 0 Å². The zero-order chi connectivity index (χ0) is 12.3. The van der Waals surface area contributed by atoms with Crippen molar-refractivity contribution in [3.05, 3.63) is 16.5 Å². The number of amides is 2. The van der Waals surface area contributed by atoms with Crippen LogP contribution < -0.4 is 10.6 Å². The molecule has 17 heavy (non-hydrogen) atoms. The summed E-state index contributed by atoms with van der Waals surface area (Å²) < 4.78 is 0. The molecule has 0 bridgehead atoms. The molecule has 3 nitrogen and oxygen atoms in total. The predicted molar refractivity (Wildman–Crippen MR) is 72.8 cm³/mol. The molecule has 1 saturated carbocycles. The first-order valence-corrected chi connectivity index (χ1v) is 7.11. The Bertz CT molecular complexity index is 375. The monoisotopic (exact) mass is 252 g/mol. The molecule has 1 aromatic heterocycles. The molecule has 0 spiro atoms. The highest BCUT2D eigenvalue weighted by molar-refractivity contribution is 7.16. The van der Waals surface area contributed by atoms with Crippen LogP contribution in [0.25, 0.3) is 0 Å². The third kappa shape index (κ3) is 3.46. The fourth-order valence-corrected chi connectivity index (χ4v) is 3.14. The first-order valence-electron chi connectivity index (χ1n) is 6.29. The lowest BCUT2D eigenvalue weighted by Crippen LogP contribution is -2.38. The van der Waals surface area contributed by atoms with Crippen molar-refractivity contribution in [2.75, 3.05) is 5.32 Å². The van der Waals surface area contributed by atoms with E-state index in [0.29, 0.717) is 6.04 Å². The quantitative estimate of drug-likeness (QED) is 0.825. The number of rotatable bonds is 2. The minimum atomic E-state index is -0.0573. The van der Waals surface area contributed by atoms with Crippen molar-refractivity contribution in [2.24, 2.45) is 0 Å². The third-order valence-corrected chi connectivity index (χ3v) is 4.41. The maximum absolute atomic E-state index is 11.8. The van der Waals surface area contributed by atoms with Crippen LogP contribution in [0, 0.1) is 13.8 Å². The normalized spacial score (nSPS) is 16.8. The van der Waals surface area contributed by atoms with E-state index in [9.17, 15) is 4.79 Å². The zero-order valence-corrected chi connectivity index (χ0v) is 11.3. The van der Waals surface area contributed by atoms with Crippen LogP contribution in [0.15, 0.2) is 6.07 Å². The van der Waals surface area contributed by atoms with Gasteiger partial charge in [0, 0.05) is 10.9 Å². The molecule has 2 amide bonds. The molecule has 0 aromatic carbocycles. The van der Waals surface area contributed by atoms with Gasteiger partial charge < -0.3 is 5.32 Å². The van der Waals surface area contributed by atoms with Crippen molar-refractivity contribution >= 4 is 22.4 Å². The second-order valence-corrected chi connectivity index (χ2v) is 6.04. The van der Waals surface area contributed by atoms with Crippen molar-refractivity contribution < 1.29 is 4.79 Å². The van der Waals surface area contributed by atoms with Crippen molar-refractivity contribution in [1.82, 2.24) is 5.32 Å². The largest absolute Gasteiger partial charge is 0.335 e. The van der Waals surface area contributed by atoms with Crippen LogP contribution in [-0.4, -0.2) is 12.1 Å². The van der Waals surface area contributed by atoms with Crippen molar-refractivity contribution in [3.63, 3.8) is 0 Å². The Kier molecular flexibility index (Phi) is 4.05. The maximum Gasteiger partial charge on any atom is 0.320 e. The third-order valence-electron chi connectivity index (χ3n) is 3.34. The van der Waals surface area contributed by atoms with Gasteiger partial charge in [-0.1, -0.05) is 19.3 Å². The zero-order valence-electron chi connectivity index (χ0n) is 10.5. The van der Waals surface area contributed by atoms with Gasteiger partial charge in [0.1, 0.15) is 0 Å². The molecule has 0 radical (unpaired) electrons. The molecule has 2 rings (SSSR count). The van der Waals surface area contributed by atoms with Crippen LogP contribution in [-0.2, 0) is 0 Å². The molecule has 0 unspecified atom stereocenters. The highest BCUT2D eigenvalue weighted by atomic mass is 32.1. The van der Waals surface area contributed by atoms with Crippen molar-refractivity contribution in [2.45, 2.75) is 52.0 Å². The van der Waals surface area contributed by atoms with Gasteiger partial charge in [-0.05, 0) is 38.3 Å². The first-order chi connectivity index (χ1) is 8.15. The standard InChI is InChI=1S/C13H20N2OS/c1-9-8-12(17-10(9)2)15-13(16)14-11-6-4-3-5-7-11/h8,11H,3-7H2,1-2H3,(H2,14,15,16). The summed E-state index contributed by atoms with van der Waals surface area (Å²) >= 11 is 1.63. The molecule has 1 aromatic rings. The van der Waals surface area contributed by atoms with E-state index in [4.69, 9.17) is 0 Å². The van der Waals surface area contributed by atoms with Crippen molar-refractivity contribution in [1.29, 1.82) is 0 Å². The van der Waals surface area contributed by atoms with Crippen LogP contribution in [0.2, 0.25) is 0 Å². The number of hydrogen-bond acceptors (Lipinski definition) is 2. The van der Waals surface area contributed by atoms with E-state index in [1.54, 1.807) is 11.3 Å². The highest BCUT2D eigenvalue weighted by Crippen LogP contribution is 2.25. The van der Waals surface area contributed by atoms with Gasteiger partial charge >= 0.3 is 6.03 Å². The molecule has 0 saturated heterocycles. The molecule has 2 N–H and O–H groups in total. The summed E-state index contributed by atoms with van der Waals surface area (Å²) in [6.07, 6.45) is 6.03. The minimum Gasteiger partial charge on any atom is -0.335 e. The van der Waals surface area contributed by atoms with E-state index in [0.717, 1.165) is 17.8 Å². The summed E-state index contributed by atoms with van der Waals surface area (Å²) in [5.41, 5.74) is 1.24. The Labute approximate surface area is 107 Å². The summed E-state index contributed by atoms with van der Waals surface area (Å²) in [4.78, 5) is 13.0.